The number of rotatable bonds is 8. The summed E-state index contributed by atoms with van der Waals surface area (Å²) in [6, 6.07) is 18.0. The first-order valence-corrected chi connectivity index (χ1v) is 9.79. The molecule has 2 aromatic carbocycles. The topological polar surface area (TPSA) is 82.3 Å². The van der Waals surface area contributed by atoms with E-state index >= 15 is 0 Å². The van der Waals surface area contributed by atoms with Gasteiger partial charge in [-0.1, -0.05) is 49.4 Å². The fraction of sp³-hybridized carbons (Fsp3) is 0.261. The largest absolute Gasteiger partial charge is 0.497 e. The summed E-state index contributed by atoms with van der Waals surface area (Å²) in [5, 5.41) is 2.90. The maximum atomic E-state index is 12.8. The molecule has 0 aliphatic heterocycles. The number of carbonyl (C=O) groups excluding carboxylic acids is 1. The molecule has 3 rings (SSSR count). The third kappa shape index (κ3) is 5.05. The summed E-state index contributed by atoms with van der Waals surface area (Å²) in [6.07, 6.45) is 2.12. The molecule has 30 heavy (non-hydrogen) atoms. The zero-order valence-corrected chi connectivity index (χ0v) is 17.1. The lowest BCUT2D eigenvalue weighted by Crippen LogP contribution is -2.43. The van der Waals surface area contributed by atoms with E-state index in [2.05, 4.69) is 5.32 Å². The maximum absolute atomic E-state index is 12.8. The number of nitrogens with one attached hydrogen (secondary N) is 1. The van der Waals surface area contributed by atoms with Crippen LogP contribution in [0.2, 0.25) is 0 Å². The average Bonchev–Trinajstić information content (AvgIpc) is 2.78. The van der Waals surface area contributed by atoms with E-state index in [-0.39, 0.29) is 12.6 Å². The minimum atomic E-state index is -0.515. The highest BCUT2D eigenvalue weighted by Gasteiger charge is 2.15. The molecule has 1 atom stereocenters. The van der Waals surface area contributed by atoms with Crippen LogP contribution in [0.15, 0.2) is 76.4 Å². The maximum Gasteiger partial charge on any atom is 0.331 e. The van der Waals surface area contributed by atoms with Gasteiger partial charge in [-0.3, -0.25) is 18.7 Å². The molecule has 0 fully saturated rings. The number of hydrogen-bond acceptors (Lipinski definition) is 4. The van der Waals surface area contributed by atoms with Crippen molar-refractivity contribution in [3.05, 3.63) is 98.8 Å². The molecular weight excluding hydrogens is 382 g/mol. The van der Waals surface area contributed by atoms with E-state index < -0.39 is 17.2 Å². The van der Waals surface area contributed by atoms with Crippen LogP contribution in [0.1, 0.15) is 30.5 Å². The molecule has 0 aliphatic carbocycles. The number of nitrogens with zero attached hydrogens (tertiary/aromatic N) is 2. The van der Waals surface area contributed by atoms with Gasteiger partial charge in [-0.05, 0) is 29.7 Å². The van der Waals surface area contributed by atoms with Crippen molar-refractivity contribution in [3.63, 3.8) is 0 Å². The molecular formula is C23H25N3O4. The fourth-order valence-corrected chi connectivity index (χ4v) is 3.24. The van der Waals surface area contributed by atoms with E-state index in [0.29, 0.717) is 13.0 Å². The highest BCUT2D eigenvalue weighted by molar-refractivity contribution is 5.76. The molecule has 1 N–H and O–H groups in total. The second-order valence-electron chi connectivity index (χ2n) is 6.94. The quantitative estimate of drug-likeness (QED) is 0.621. The zero-order chi connectivity index (χ0) is 21.5. The van der Waals surface area contributed by atoms with Crippen molar-refractivity contribution in [1.82, 2.24) is 14.5 Å². The van der Waals surface area contributed by atoms with Crippen LogP contribution >= 0.6 is 0 Å². The van der Waals surface area contributed by atoms with Gasteiger partial charge in [0.25, 0.3) is 5.56 Å². The number of carbonyl (C=O) groups is 1. The molecule has 1 aromatic heterocycles. The summed E-state index contributed by atoms with van der Waals surface area (Å²) in [5.74, 6) is 0.337. The fourth-order valence-electron chi connectivity index (χ4n) is 3.24. The highest BCUT2D eigenvalue weighted by Crippen LogP contribution is 2.20. The number of hydrogen-bond donors (Lipinski definition) is 1. The Kier molecular flexibility index (Phi) is 6.85. The molecule has 0 radical (unpaired) electrons. The van der Waals surface area contributed by atoms with Gasteiger partial charge in [-0.25, -0.2) is 4.79 Å². The molecule has 1 amide bonds. The summed E-state index contributed by atoms with van der Waals surface area (Å²) in [5.41, 5.74) is 0.837. The van der Waals surface area contributed by atoms with Crippen LogP contribution in [0.3, 0.4) is 0 Å². The van der Waals surface area contributed by atoms with Gasteiger partial charge in [0.15, 0.2) is 0 Å². The lowest BCUT2D eigenvalue weighted by Gasteiger charge is -2.18. The van der Waals surface area contributed by atoms with E-state index in [1.54, 1.807) is 7.11 Å². The van der Waals surface area contributed by atoms with Gasteiger partial charge in [0.1, 0.15) is 12.3 Å². The van der Waals surface area contributed by atoms with Gasteiger partial charge < -0.3 is 10.1 Å². The number of amides is 1. The minimum Gasteiger partial charge on any atom is -0.497 e. The van der Waals surface area contributed by atoms with Crippen molar-refractivity contribution >= 4 is 5.91 Å². The molecule has 7 heteroatoms. The molecule has 7 nitrogen and oxygen atoms in total. The second kappa shape index (κ2) is 9.73. The molecule has 1 heterocycles. The first kappa shape index (κ1) is 21.1. The molecule has 0 saturated carbocycles. The van der Waals surface area contributed by atoms with Gasteiger partial charge in [0, 0.05) is 12.3 Å². The van der Waals surface area contributed by atoms with E-state index in [9.17, 15) is 14.4 Å². The smallest absolute Gasteiger partial charge is 0.331 e. The van der Waals surface area contributed by atoms with Crippen LogP contribution < -0.4 is 21.3 Å². The molecule has 0 spiro atoms. The van der Waals surface area contributed by atoms with Gasteiger partial charge in [-0.2, -0.15) is 0 Å². The lowest BCUT2D eigenvalue weighted by molar-refractivity contribution is -0.122. The van der Waals surface area contributed by atoms with E-state index in [4.69, 9.17) is 4.74 Å². The first-order chi connectivity index (χ1) is 14.5. The van der Waals surface area contributed by atoms with Crippen molar-refractivity contribution in [1.29, 1.82) is 0 Å². The van der Waals surface area contributed by atoms with Crippen molar-refractivity contribution < 1.29 is 9.53 Å². The Balaban J connectivity index is 1.75. The lowest BCUT2D eigenvalue weighted by atomic mass is 10.0. The van der Waals surface area contributed by atoms with Crippen molar-refractivity contribution in [2.75, 3.05) is 7.11 Å². The van der Waals surface area contributed by atoms with Crippen LogP contribution in [0.4, 0.5) is 0 Å². The van der Waals surface area contributed by atoms with Gasteiger partial charge in [-0.15, -0.1) is 0 Å². The molecule has 3 aromatic rings. The Labute approximate surface area is 174 Å². The standard InChI is InChI=1S/C23H25N3O4/c1-3-20(18-9-11-19(30-2)12-10-18)24-21(27)16-26-22(28)13-14-25(23(26)29)15-17-7-5-4-6-8-17/h4-14,20H,3,15-16H2,1-2H3,(H,24,27). The van der Waals surface area contributed by atoms with Gasteiger partial charge in [0.2, 0.25) is 5.91 Å². The molecule has 0 saturated heterocycles. The third-order valence-corrected chi connectivity index (χ3v) is 4.90. The summed E-state index contributed by atoms with van der Waals surface area (Å²) in [4.78, 5) is 37.6. The summed E-state index contributed by atoms with van der Waals surface area (Å²) in [7, 11) is 1.59. The van der Waals surface area contributed by atoms with Crippen molar-refractivity contribution in [3.8, 4) is 5.75 Å². The SMILES string of the molecule is CCC(NC(=O)Cn1c(=O)ccn(Cc2ccccc2)c1=O)c1ccc(OC)cc1. The predicted octanol–water partition coefficient (Wildman–Crippen LogP) is 2.33. The Bertz CT molecular complexity index is 1100. The van der Waals surface area contributed by atoms with Gasteiger partial charge in [0.05, 0.1) is 19.7 Å². The Hall–Kier alpha value is -3.61. The monoisotopic (exact) mass is 407 g/mol. The van der Waals surface area contributed by atoms with Crippen molar-refractivity contribution in [2.45, 2.75) is 32.5 Å². The van der Waals surface area contributed by atoms with Crippen LogP contribution in [0.5, 0.6) is 5.75 Å². The number of ether oxygens (including phenoxy) is 1. The van der Waals surface area contributed by atoms with E-state index in [1.165, 1.54) is 16.8 Å². The normalized spacial score (nSPS) is 11.7. The Morgan fingerprint density at radius 2 is 1.73 bits per heavy atom. The number of aromatic nitrogens is 2. The van der Waals surface area contributed by atoms with E-state index in [1.807, 2.05) is 61.5 Å². The highest BCUT2D eigenvalue weighted by atomic mass is 16.5. The number of methoxy groups -OCH3 is 1. The van der Waals surface area contributed by atoms with Crippen LogP contribution in [0.25, 0.3) is 0 Å². The average molecular weight is 407 g/mol. The molecule has 0 bridgehead atoms. The molecule has 1 unspecified atom stereocenters. The van der Waals surface area contributed by atoms with Gasteiger partial charge >= 0.3 is 5.69 Å². The van der Waals surface area contributed by atoms with Crippen molar-refractivity contribution in [2.24, 2.45) is 0 Å². The van der Waals surface area contributed by atoms with E-state index in [0.717, 1.165) is 21.4 Å². The Morgan fingerprint density at radius 3 is 2.37 bits per heavy atom. The van der Waals surface area contributed by atoms with Crippen LogP contribution in [-0.2, 0) is 17.9 Å². The van der Waals surface area contributed by atoms with Crippen LogP contribution in [0, 0.1) is 0 Å². The molecule has 0 aliphatic rings. The molecule has 156 valence electrons. The minimum absolute atomic E-state index is 0.227. The summed E-state index contributed by atoms with van der Waals surface area (Å²) >= 11 is 0. The summed E-state index contributed by atoms with van der Waals surface area (Å²) in [6.45, 7) is 1.95. The zero-order valence-electron chi connectivity index (χ0n) is 17.1. The Morgan fingerprint density at radius 1 is 1.03 bits per heavy atom. The van der Waals surface area contributed by atoms with Crippen LogP contribution in [-0.4, -0.2) is 22.2 Å². The first-order valence-electron chi connectivity index (χ1n) is 9.79. The number of benzene rings is 2. The summed E-state index contributed by atoms with van der Waals surface area (Å²) < 4.78 is 7.54. The predicted molar refractivity (Wildman–Crippen MR) is 115 cm³/mol. The second-order valence-corrected chi connectivity index (χ2v) is 6.94. The third-order valence-electron chi connectivity index (χ3n) is 4.90.